The molecule has 1 saturated heterocycles. The number of halogens is 1. The van der Waals surface area contributed by atoms with Crippen molar-refractivity contribution in [3.63, 3.8) is 0 Å². The Hall–Kier alpha value is -3.20. The number of nitrogens with one attached hydrogen (secondary N) is 1. The number of carbonyl (C=O) groups is 3. The van der Waals surface area contributed by atoms with Crippen LogP contribution in [0.15, 0.2) is 53.5 Å². The van der Waals surface area contributed by atoms with Crippen molar-refractivity contribution in [2.45, 2.75) is 37.5 Å². The summed E-state index contributed by atoms with van der Waals surface area (Å²) in [5, 5.41) is 3.00. The van der Waals surface area contributed by atoms with E-state index in [1.54, 1.807) is 49.5 Å². The molecule has 1 atom stereocenters. The van der Waals surface area contributed by atoms with Gasteiger partial charge < -0.3 is 15.1 Å². The van der Waals surface area contributed by atoms with Gasteiger partial charge in [0, 0.05) is 49.9 Å². The van der Waals surface area contributed by atoms with Crippen LogP contribution in [-0.4, -0.2) is 58.1 Å². The molecule has 4 rings (SSSR count). The predicted octanol–water partition coefficient (Wildman–Crippen LogP) is 3.91. The molecule has 3 amide bonds. The predicted molar refractivity (Wildman–Crippen MR) is 131 cm³/mol. The second-order valence-corrected chi connectivity index (χ2v) is 9.64. The first kappa shape index (κ1) is 23.9. The normalized spacial score (nSPS) is 17.9. The summed E-state index contributed by atoms with van der Waals surface area (Å²) in [6.07, 6.45) is 3.42. The summed E-state index contributed by atoms with van der Waals surface area (Å²) in [4.78, 5) is 45.2. The van der Waals surface area contributed by atoms with Crippen LogP contribution in [0.25, 0.3) is 0 Å². The maximum atomic E-state index is 13.9. The summed E-state index contributed by atoms with van der Waals surface area (Å²) < 4.78 is 13.9. The Morgan fingerprint density at radius 3 is 2.53 bits per heavy atom. The van der Waals surface area contributed by atoms with E-state index in [1.165, 1.54) is 29.1 Å². The molecule has 9 heteroatoms. The highest BCUT2D eigenvalue weighted by Gasteiger charge is 2.33. The minimum atomic E-state index is -0.509. The molecule has 2 aliphatic rings. The topological polar surface area (TPSA) is 82.1 Å². The van der Waals surface area contributed by atoms with Crippen molar-refractivity contribution in [3.8, 4) is 0 Å². The van der Waals surface area contributed by atoms with Gasteiger partial charge in [-0.25, -0.2) is 4.39 Å². The van der Waals surface area contributed by atoms with Crippen LogP contribution in [-0.2, 0) is 16.1 Å². The van der Waals surface area contributed by atoms with Crippen LogP contribution >= 0.6 is 11.8 Å². The first-order valence-electron chi connectivity index (χ1n) is 11.3. The van der Waals surface area contributed by atoms with Crippen molar-refractivity contribution in [3.05, 3.63) is 65.5 Å². The summed E-state index contributed by atoms with van der Waals surface area (Å²) >= 11 is 1.36. The molecule has 0 saturated carbocycles. The third-order valence-electron chi connectivity index (χ3n) is 5.85. The second-order valence-electron chi connectivity index (χ2n) is 8.47. The van der Waals surface area contributed by atoms with Gasteiger partial charge in [-0.3, -0.25) is 14.4 Å². The Morgan fingerprint density at radius 1 is 1.12 bits per heavy atom. The molecular weight excluding hydrogens is 455 g/mol. The van der Waals surface area contributed by atoms with Crippen LogP contribution in [0.3, 0.4) is 0 Å². The lowest BCUT2D eigenvalue weighted by Crippen LogP contribution is -2.33. The van der Waals surface area contributed by atoms with E-state index in [-0.39, 0.29) is 36.5 Å². The van der Waals surface area contributed by atoms with Crippen molar-refractivity contribution in [2.24, 2.45) is 4.99 Å². The maximum absolute atomic E-state index is 13.9. The number of likely N-dealkylation sites (tertiary alicyclic amines) is 1. The van der Waals surface area contributed by atoms with Crippen LogP contribution in [0, 0.1) is 5.82 Å². The van der Waals surface area contributed by atoms with Gasteiger partial charge in [0.2, 0.25) is 5.91 Å². The van der Waals surface area contributed by atoms with Gasteiger partial charge in [-0.05, 0) is 49.6 Å². The summed E-state index contributed by atoms with van der Waals surface area (Å²) in [6, 6.07) is 12.9. The van der Waals surface area contributed by atoms with Crippen molar-refractivity contribution in [2.75, 3.05) is 25.5 Å². The molecule has 34 heavy (non-hydrogen) atoms. The van der Waals surface area contributed by atoms with Gasteiger partial charge in [0.05, 0.1) is 0 Å². The molecule has 0 bridgehead atoms. The van der Waals surface area contributed by atoms with E-state index in [2.05, 4.69) is 15.2 Å². The van der Waals surface area contributed by atoms with Gasteiger partial charge in [0.15, 0.2) is 5.17 Å². The van der Waals surface area contributed by atoms with E-state index in [4.69, 9.17) is 0 Å². The molecule has 0 radical (unpaired) electrons. The van der Waals surface area contributed by atoms with E-state index in [0.717, 1.165) is 31.1 Å². The molecule has 2 heterocycles. The quantitative estimate of drug-likeness (QED) is 0.675. The lowest BCUT2D eigenvalue weighted by Gasteiger charge is -2.27. The summed E-state index contributed by atoms with van der Waals surface area (Å²) in [7, 11) is 1.61. The van der Waals surface area contributed by atoms with Gasteiger partial charge in [0.1, 0.15) is 11.1 Å². The Bertz CT molecular complexity index is 1100. The zero-order valence-corrected chi connectivity index (χ0v) is 19.8. The Kier molecular flexibility index (Phi) is 7.62. The van der Waals surface area contributed by atoms with Crippen molar-refractivity contribution < 1.29 is 18.8 Å². The van der Waals surface area contributed by atoms with Crippen molar-refractivity contribution in [1.82, 2.24) is 9.80 Å². The second kappa shape index (κ2) is 10.8. The Morgan fingerprint density at radius 2 is 1.82 bits per heavy atom. The zero-order valence-electron chi connectivity index (χ0n) is 19.0. The number of amidine groups is 1. The lowest BCUT2D eigenvalue weighted by molar-refractivity contribution is -0.121. The Balaban J connectivity index is 1.28. The largest absolute Gasteiger partial charge is 0.351 e. The number of anilines is 1. The molecule has 178 valence electrons. The molecule has 0 aromatic heterocycles. The number of nitrogens with zero attached hydrogens (tertiary/aromatic N) is 3. The van der Waals surface area contributed by atoms with E-state index in [1.807, 2.05) is 0 Å². The van der Waals surface area contributed by atoms with Crippen LogP contribution < -0.4 is 5.32 Å². The highest BCUT2D eigenvalue weighted by Crippen LogP contribution is 2.29. The fourth-order valence-electron chi connectivity index (χ4n) is 3.98. The summed E-state index contributed by atoms with van der Waals surface area (Å²) in [6.45, 7) is 1.95. The zero-order chi connectivity index (χ0) is 24.1. The van der Waals surface area contributed by atoms with E-state index < -0.39 is 5.25 Å². The number of thioether (sulfide) groups is 1. The number of carbonyl (C=O) groups excluding carboxylic acids is 3. The number of benzene rings is 2. The Labute approximate surface area is 202 Å². The van der Waals surface area contributed by atoms with Gasteiger partial charge in [0.25, 0.3) is 11.8 Å². The molecule has 0 unspecified atom stereocenters. The number of rotatable bonds is 6. The van der Waals surface area contributed by atoms with Gasteiger partial charge >= 0.3 is 0 Å². The van der Waals surface area contributed by atoms with E-state index >= 15 is 0 Å². The average molecular weight is 483 g/mol. The van der Waals surface area contributed by atoms with Crippen LogP contribution in [0.2, 0.25) is 0 Å². The minimum absolute atomic E-state index is 0.0381. The van der Waals surface area contributed by atoms with Crippen LogP contribution in [0.5, 0.6) is 0 Å². The molecule has 2 aromatic carbocycles. The van der Waals surface area contributed by atoms with Gasteiger partial charge in [-0.2, -0.15) is 4.99 Å². The van der Waals surface area contributed by atoms with Crippen LogP contribution in [0.4, 0.5) is 10.1 Å². The van der Waals surface area contributed by atoms with Crippen LogP contribution in [0.1, 0.15) is 41.6 Å². The number of amides is 3. The lowest BCUT2D eigenvalue weighted by atomic mass is 10.1. The third-order valence-corrected chi connectivity index (χ3v) is 7.07. The molecule has 2 aromatic rings. The van der Waals surface area contributed by atoms with E-state index in [0.29, 0.717) is 16.8 Å². The standard InChI is InChI=1S/C25H27FN4O3S/c1-29(16-18-7-3-4-8-20(18)26)24(33)17-9-11-19(12-10-17)27-22(31)15-21-23(32)28-25(34-21)30-13-5-2-6-14-30/h3-4,7-12,21H,2,5-6,13-16H2,1H3,(H,27,31)/t21-/m0/s1. The highest BCUT2D eigenvalue weighted by molar-refractivity contribution is 8.15. The minimum Gasteiger partial charge on any atom is -0.351 e. The van der Waals surface area contributed by atoms with E-state index in [9.17, 15) is 18.8 Å². The fraction of sp³-hybridized carbons (Fsp3) is 0.360. The summed E-state index contributed by atoms with van der Waals surface area (Å²) in [5.41, 5.74) is 1.40. The fourth-order valence-corrected chi connectivity index (χ4v) is 5.10. The molecule has 7 nitrogen and oxygen atoms in total. The first-order valence-corrected chi connectivity index (χ1v) is 12.2. The van der Waals surface area contributed by atoms with Gasteiger partial charge in [-0.15, -0.1) is 0 Å². The first-order chi connectivity index (χ1) is 16.4. The van der Waals surface area contributed by atoms with Crippen molar-refractivity contribution >= 4 is 40.3 Å². The molecule has 1 N–H and O–H groups in total. The third kappa shape index (κ3) is 5.83. The molecule has 1 fully saturated rings. The maximum Gasteiger partial charge on any atom is 0.262 e. The SMILES string of the molecule is CN(Cc1ccccc1F)C(=O)c1ccc(NC(=O)C[C@@H]2SC(N3CCCCC3)=NC2=O)cc1. The number of hydrogen-bond acceptors (Lipinski definition) is 5. The molecule has 2 aliphatic heterocycles. The molecule has 0 spiro atoms. The molecular formula is C25H27FN4O3S. The average Bonchev–Trinajstić information content (AvgIpc) is 3.21. The number of aliphatic imine (C=N–C) groups is 1. The molecule has 0 aliphatic carbocycles. The smallest absolute Gasteiger partial charge is 0.262 e. The highest BCUT2D eigenvalue weighted by atomic mass is 32.2. The van der Waals surface area contributed by atoms with Gasteiger partial charge in [-0.1, -0.05) is 30.0 Å². The monoisotopic (exact) mass is 482 g/mol. The number of piperidine rings is 1. The van der Waals surface area contributed by atoms with Crippen molar-refractivity contribution in [1.29, 1.82) is 0 Å². The number of hydrogen-bond donors (Lipinski definition) is 1. The summed E-state index contributed by atoms with van der Waals surface area (Å²) in [5.74, 6) is -1.15.